The van der Waals surface area contributed by atoms with Crippen molar-refractivity contribution < 1.29 is 23.8 Å². The van der Waals surface area contributed by atoms with E-state index in [1.54, 1.807) is 7.11 Å². The number of para-hydroxylation sites is 2. The number of carbonyl (C=O) groups excluding carboxylic acids is 2. The summed E-state index contributed by atoms with van der Waals surface area (Å²) in [6, 6.07) is 22.0. The molecule has 6 heteroatoms. The normalized spacial score (nSPS) is 12.2. The Morgan fingerprint density at radius 1 is 0.900 bits per heavy atom. The van der Waals surface area contributed by atoms with Gasteiger partial charge in [0.25, 0.3) is 5.91 Å². The van der Waals surface area contributed by atoms with Crippen LogP contribution >= 0.6 is 0 Å². The molecule has 1 N–H and O–H groups in total. The lowest BCUT2D eigenvalue weighted by Gasteiger charge is -2.26. The molecular formula is C24H21NO5. The van der Waals surface area contributed by atoms with Crippen LogP contribution in [-0.4, -0.2) is 25.6 Å². The fourth-order valence-corrected chi connectivity index (χ4v) is 3.38. The van der Waals surface area contributed by atoms with Crippen LogP contribution in [0.2, 0.25) is 0 Å². The summed E-state index contributed by atoms with van der Waals surface area (Å²) < 4.78 is 16.4. The van der Waals surface area contributed by atoms with Gasteiger partial charge >= 0.3 is 5.97 Å². The van der Waals surface area contributed by atoms with Crippen molar-refractivity contribution in [1.29, 1.82) is 0 Å². The highest BCUT2D eigenvalue weighted by atomic mass is 16.5. The highest BCUT2D eigenvalue weighted by Gasteiger charge is 2.33. The van der Waals surface area contributed by atoms with Crippen molar-refractivity contribution >= 4 is 11.9 Å². The maximum atomic E-state index is 12.9. The van der Waals surface area contributed by atoms with Crippen LogP contribution in [-0.2, 0) is 20.9 Å². The number of methoxy groups -OCH3 is 1. The Kier molecular flexibility index (Phi) is 5.66. The molecule has 0 aliphatic carbocycles. The van der Waals surface area contributed by atoms with Gasteiger partial charge in [-0.05, 0) is 29.8 Å². The van der Waals surface area contributed by atoms with Gasteiger partial charge in [0.2, 0.25) is 0 Å². The second-order valence-corrected chi connectivity index (χ2v) is 6.84. The summed E-state index contributed by atoms with van der Waals surface area (Å²) in [5.41, 5.74) is 2.36. The number of fused-ring (bicyclic) bond motifs is 2. The maximum Gasteiger partial charge on any atom is 0.318 e. The predicted octanol–water partition coefficient (Wildman–Crippen LogP) is 3.79. The fourth-order valence-electron chi connectivity index (χ4n) is 3.38. The van der Waals surface area contributed by atoms with Gasteiger partial charge in [0.05, 0.1) is 7.11 Å². The molecule has 0 unspecified atom stereocenters. The molecule has 6 nitrogen and oxygen atoms in total. The lowest BCUT2D eigenvalue weighted by atomic mass is 9.88. The van der Waals surface area contributed by atoms with Crippen molar-refractivity contribution in [2.45, 2.75) is 12.5 Å². The molecule has 0 aromatic heterocycles. The molecule has 4 rings (SSSR count). The van der Waals surface area contributed by atoms with E-state index in [1.165, 1.54) is 0 Å². The van der Waals surface area contributed by atoms with E-state index in [0.29, 0.717) is 18.0 Å². The average molecular weight is 403 g/mol. The highest BCUT2D eigenvalue weighted by molar-refractivity contribution is 5.87. The summed E-state index contributed by atoms with van der Waals surface area (Å²) >= 11 is 0. The minimum Gasteiger partial charge on any atom is -0.497 e. The number of amides is 1. The lowest BCUT2D eigenvalue weighted by Crippen LogP contribution is -2.30. The molecule has 1 aliphatic rings. The van der Waals surface area contributed by atoms with Crippen LogP contribution in [0.3, 0.4) is 0 Å². The molecule has 1 aliphatic heterocycles. The van der Waals surface area contributed by atoms with E-state index in [0.717, 1.165) is 22.4 Å². The summed E-state index contributed by atoms with van der Waals surface area (Å²) in [4.78, 5) is 25.1. The molecule has 0 bridgehead atoms. The van der Waals surface area contributed by atoms with Crippen LogP contribution in [0.5, 0.6) is 17.2 Å². The molecule has 0 fully saturated rings. The van der Waals surface area contributed by atoms with Gasteiger partial charge in [0.1, 0.15) is 23.2 Å². The van der Waals surface area contributed by atoms with Crippen LogP contribution in [0.4, 0.5) is 0 Å². The fraction of sp³-hybridized carbons (Fsp3) is 0.167. The molecule has 0 saturated heterocycles. The highest BCUT2D eigenvalue weighted by Crippen LogP contribution is 2.44. The minimum absolute atomic E-state index is 0.337. The molecule has 1 amide bonds. The average Bonchev–Trinajstić information content (AvgIpc) is 2.79. The van der Waals surface area contributed by atoms with Gasteiger partial charge in [-0.1, -0.05) is 48.5 Å². The zero-order valence-electron chi connectivity index (χ0n) is 16.5. The Balaban J connectivity index is 1.40. The van der Waals surface area contributed by atoms with Gasteiger partial charge in [-0.2, -0.15) is 0 Å². The van der Waals surface area contributed by atoms with Gasteiger partial charge in [-0.25, -0.2) is 0 Å². The first-order valence-corrected chi connectivity index (χ1v) is 9.57. The number of carbonyl (C=O) groups is 2. The van der Waals surface area contributed by atoms with Crippen molar-refractivity contribution in [2.75, 3.05) is 13.7 Å². The van der Waals surface area contributed by atoms with Crippen molar-refractivity contribution in [1.82, 2.24) is 5.32 Å². The topological polar surface area (TPSA) is 73.9 Å². The summed E-state index contributed by atoms with van der Waals surface area (Å²) in [6.45, 7) is -0.0139. The molecule has 3 aromatic rings. The van der Waals surface area contributed by atoms with Gasteiger partial charge in [0.15, 0.2) is 6.61 Å². The van der Waals surface area contributed by atoms with Gasteiger partial charge < -0.3 is 19.5 Å². The van der Waals surface area contributed by atoms with Gasteiger partial charge in [-0.3, -0.25) is 9.59 Å². The van der Waals surface area contributed by atoms with Crippen LogP contribution < -0.4 is 14.8 Å². The molecular weight excluding hydrogens is 382 g/mol. The van der Waals surface area contributed by atoms with Crippen molar-refractivity contribution in [3.8, 4) is 17.2 Å². The summed E-state index contributed by atoms with van der Waals surface area (Å²) in [7, 11) is 1.60. The Hall–Kier alpha value is -3.80. The number of benzene rings is 3. The van der Waals surface area contributed by atoms with Gasteiger partial charge in [0, 0.05) is 17.7 Å². The van der Waals surface area contributed by atoms with Crippen molar-refractivity contribution in [3.05, 3.63) is 89.5 Å². The van der Waals surface area contributed by atoms with Crippen molar-refractivity contribution in [2.24, 2.45) is 0 Å². The smallest absolute Gasteiger partial charge is 0.318 e. The summed E-state index contributed by atoms with van der Waals surface area (Å²) in [5, 5.41) is 2.75. The van der Waals surface area contributed by atoms with E-state index in [9.17, 15) is 9.59 Å². The number of hydrogen-bond donors (Lipinski definition) is 1. The standard InChI is InChI=1S/C24H21NO5/c1-28-17-12-10-16(11-13-17)14-25-22(26)15-29-24(27)23-18-6-2-4-8-20(18)30-21-9-5-3-7-19(21)23/h2-13,23H,14-15H2,1H3,(H,25,26). The predicted molar refractivity (Wildman–Crippen MR) is 111 cm³/mol. The molecule has 0 spiro atoms. The molecule has 1 heterocycles. The Bertz CT molecular complexity index is 1020. The quantitative estimate of drug-likeness (QED) is 0.634. The van der Waals surface area contributed by atoms with Crippen molar-refractivity contribution in [3.63, 3.8) is 0 Å². The van der Waals surface area contributed by atoms with E-state index >= 15 is 0 Å². The Morgan fingerprint density at radius 2 is 1.50 bits per heavy atom. The first-order chi connectivity index (χ1) is 14.7. The first kappa shape index (κ1) is 19.5. The molecule has 3 aromatic carbocycles. The summed E-state index contributed by atoms with van der Waals surface area (Å²) in [5.74, 6) is 0.478. The molecule has 30 heavy (non-hydrogen) atoms. The van der Waals surface area contributed by atoms with E-state index in [-0.39, 0.29) is 12.5 Å². The van der Waals surface area contributed by atoms with E-state index in [2.05, 4.69) is 5.32 Å². The van der Waals surface area contributed by atoms with Crippen LogP contribution in [0.15, 0.2) is 72.8 Å². The minimum atomic E-state index is -0.638. The maximum absolute atomic E-state index is 12.9. The second-order valence-electron chi connectivity index (χ2n) is 6.84. The molecule has 0 atom stereocenters. The first-order valence-electron chi connectivity index (χ1n) is 9.57. The zero-order chi connectivity index (χ0) is 20.9. The number of ether oxygens (including phenoxy) is 3. The lowest BCUT2D eigenvalue weighted by molar-refractivity contribution is -0.149. The molecule has 0 radical (unpaired) electrons. The zero-order valence-corrected chi connectivity index (χ0v) is 16.5. The number of nitrogens with one attached hydrogen (secondary N) is 1. The monoisotopic (exact) mass is 403 g/mol. The van der Waals surface area contributed by atoms with E-state index in [1.807, 2.05) is 72.8 Å². The third kappa shape index (κ3) is 4.12. The van der Waals surface area contributed by atoms with Crippen LogP contribution in [0, 0.1) is 0 Å². The second kappa shape index (κ2) is 8.69. The molecule has 0 saturated carbocycles. The van der Waals surface area contributed by atoms with E-state index in [4.69, 9.17) is 14.2 Å². The van der Waals surface area contributed by atoms with Crippen LogP contribution in [0.1, 0.15) is 22.6 Å². The largest absolute Gasteiger partial charge is 0.497 e. The van der Waals surface area contributed by atoms with Crippen LogP contribution in [0.25, 0.3) is 0 Å². The SMILES string of the molecule is COc1ccc(CNC(=O)COC(=O)C2c3ccccc3Oc3ccccc32)cc1. The summed E-state index contributed by atoms with van der Waals surface area (Å²) in [6.07, 6.45) is 0. The Morgan fingerprint density at radius 3 is 2.10 bits per heavy atom. The number of rotatable bonds is 6. The van der Waals surface area contributed by atoms with E-state index < -0.39 is 11.9 Å². The van der Waals surface area contributed by atoms with Gasteiger partial charge in [-0.15, -0.1) is 0 Å². The number of hydrogen-bond acceptors (Lipinski definition) is 5. The number of esters is 1. The third-order valence-electron chi connectivity index (χ3n) is 4.91. The molecule has 152 valence electrons. The third-order valence-corrected chi connectivity index (χ3v) is 4.91. The Labute approximate surface area is 174 Å².